The van der Waals surface area contributed by atoms with Crippen molar-refractivity contribution in [3.05, 3.63) is 23.1 Å². The van der Waals surface area contributed by atoms with Gasteiger partial charge in [-0.15, -0.1) is 0 Å². The van der Waals surface area contributed by atoms with Crippen LogP contribution in [0.5, 0.6) is 0 Å². The zero-order chi connectivity index (χ0) is 11.0. The molecule has 1 aromatic rings. The summed E-state index contributed by atoms with van der Waals surface area (Å²) in [6.07, 6.45) is 0. The van der Waals surface area contributed by atoms with Crippen molar-refractivity contribution in [3.8, 4) is 0 Å². The number of nitrogens with two attached hydrogens (primary N) is 1. The molecule has 2 heterocycles. The molecule has 1 saturated heterocycles. The van der Waals surface area contributed by atoms with Crippen LogP contribution in [0.3, 0.4) is 0 Å². The van der Waals surface area contributed by atoms with Gasteiger partial charge in [-0.2, -0.15) is 0 Å². The van der Waals surface area contributed by atoms with E-state index in [0.717, 1.165) is 0 Å². The highest BCUT2D eigenvalue weighted by molar-refractivity contribution is 6.29. The molecule has 0 spiro atoms. The monoisotopic (exact) mass is 228 g/mol. The molecule has 2 N–H and O–H groups in total. The van der Waals surface area contributed by atoms with E-state index in [1.54, 1.807) is 0 Å². The molecule has 0 unspecified atom stereocenters. The molecule has 0 aromatic carbocycles. The molecular formula is C9H9ClN2O3. The van der Waals surface area contributed by atoms with E-state index >= 15 is 0 Å². The minimum atomic E-state index is -0.378. The summed E-state index contributed by atoms with van der Waals surface area (Å²) in [5, 5.41) is 0.172. The van der Waals surface area contributed by atoms with Gasteiger partial charge in [-0.05, 0) is 23.7 Å². The smallest absolute Gasteiger partial charge is 0.289 e. The summed E-state index contributed by atoms with van der Waals surface area (Å²) >= 11 is 5.54. The molecule has 1 aliphatic rings. The van der Waals surface area contributed by atoms with E-state index in [9.17, 15) is 9.59 Å². The van der Waals surface area contributed by atoms with Crippen molar-refractivity contribution in [1.82, 2.24) is 4.90 Å². The van der Waals surface area contributed by atoms with Gasteiger partial charge in [0.15, 0.2) is 11.0 Å². The lowest BCUT2D eigenvalue weighted by atomic mass is 9.99. The number of amides is 2. The molecule has 15 heavy (non-hydrogen) atoms. The van der Waals surface area contributed by atoms with E-state index in [1.165, 1.54) is 17.0 Å². The molecular weight excluding hydrogens is 220 g/mol. The molecule has 5 nitrogen and oxygen atoms in total. The van der Waals surface area contributed by atoms with Gasteiger partial charge in [0.2, 0.25) is 5.91 Å². The second-order valence-electron chi connectivity index (χ2n) is 3.41. The summed E-state index contributed by atoms with van der Waals surface area (Å²) in [6, 6.07) is 3.00. The molecule has 0 aliphatic carbocycles. The van der Waals surface area contributed by atoms with Crippen molar-refractivity contribution in [2.45, 2.75) is 0 Å². The van der Waals surface area contributed by atoms with Gasteiger partial charge in [0.1, 0.15) is 0 Å². The lowest BCUT2D eigenvalue weighted by Crippen LogP contribution is -2.54. The summed E-state index contributed by atoms with van der Waals surface area (Å²) in [5.41, 5.74) is 5.08. The average molecular weight is 229 g/mol. The van der Waals surface area contributed by atoms with Crippen LogP contribution in [0.1, 0.15) is 10.6 Å². The van der Waals surface area contributed by atoms with Gasteiger partial charge >= 0.3 is 0 Å². The number of furan rings is 1. The highest BCUT2D eigenvalue weighted by atomic mass is 35.5. The number of hydrogen-bond acceptors (Lipinski definition) is 3. The van der Waals surface area contributed by atoms with E-state index in [4.69, 9.17) is 21.8 Å². The van der Waals surface area contributed by atoms with Crippen molar-refractivity contribution in [2.24, 2.45) is 11.7 Å². The summed E-state index contributed by atoms with van der Waals surface area (Å²) in [5.74, 6) is -0.696. The number of nitrogens with zero attached hydrogens (tertiary/aromatic N) is 1. The van der Waals surface area contributed by atoms with E-state index < -0.39 is 0 Å². The van der Waals surface area contributed by atoms with Gasteiger partial charge in [-0.1, -0.05) is 0 Å². The quantitative estimate of drug-likeness (QED) is 0.800. The van der Waals surface area contributed by atoms with Crippen LogP contribution in [-0.4, -0.2) is 29.8 Å². The third-order valence-electron chi connectivity index (χ3n) is 2.36. The summed E-state index contributed by atoms with van der Waals surface area (Å²) in [6.45, 7) is 0.707. The second-order valence-corrected chi connectivity index (χ2v) is 3.79. The van der Waals surface area contributed by atoms with Gasteiger partial charge in [-0.3, -0.25) is 9.59 Å². The number of primary amides is 1. The average Bonchev–Trinajstić information content (AvgIpc) is 2.48. The number of likely N-dealkylation sites (tertiary alicyclic amines) is 1. The first-order chi connectivity index (χ1) is 7.08. The van der Waals surface area contributed by atoms with Crippen LogP contribution in [0, 0.1) is 5.92 Å². The van der Waals surface area contributed by atoms with Crippen molar-refractivity contribution >= 4 is 23.4 Å². The fourth-order valence-electron chi connectivity index (χ4n) is 1.41. The van der Waals surface area contributed by atoms with Crippen LogP contribution in [0.15, 0.2) is 16.5 Å². The first-order valence-electron chi connectivity index (χ1n) is 4.42. The van der Waals surface area contributed by atoms with Gasteiger partial charge in [-0.25, -0.2) is 0 Å². The van der Waals surface area contributed by atoms with Crippen LogP contribution in [-0.2, 0) is 4.79 Å². The maximum absolute atomic E-state index is 11.6. The number of hydrogen-bond donors (Lipinski definition) is 1. The standard InChI is InChI=1S/C9H9ClN2O3/c10-7-2-1-6(15-7)9(14)12-3-5(4-12)8(11)13/h1-2,5H,3-4H2,(H2,11,13). The molecule has 0 bridgehead atoms. The molecule has 0 saturated carbocycles. The highest BCUT2D eigenvalue weighted by Crippen LogP contribution is 2.20. The molecule has 1 aliphatic heterocycles. The lowest BCUT2D eigenvalue weighted by molar-refractivity contribution is -0.125. The first kappa shape index (κ1) is 10.0. The van der Waals surface area contributed by atoms with Crippen LogP contribution < -0.4 is 5.73 Å². The summed E-state index contributed by atoms with van der Waals surface area (Å²) in [7, 11) is 0. The maximum atomic E-state index is 11.6. The van der Waals surface area contributed by atoms with Crippen LogP contribution in [0.25, 0.3) is 0 Å². The van der Waals surface area contributed by atoms with Gasteiger partial charge in [0.05, 0.1) is 5.92 Å². The third-order valence-corrected chi connectivity index (χ3v) is 2.56. The Morgan fingerprint density at radius 3 is 2.60 bits per heavy atom. The molecule has 80 valence electrons. The van der Waals surface area contributed by atoms with Crippen LogP contribution >= 0.6 is 11.6 Å². The summed E-state index contributed by atoms with van der Waals surface area (Å²) < 4.78 is 4.96. The van der Waals surface area contributed by atoms with Gasteiger partial charge in [0.25, 0.3) is 5.91 Å². The fraction of sp³-hybridized carbons (Fsp3) is 0.333. The first-order valence-corrected chi connectivity index (χ1v) is 4.79. The number of carbonyl (C=O) groups excluding carboxylic acids is 2. The zero-order valence-electron chi connectivity index (χ0n) is 7.77. The van der Waals surface area contributed by atoms with E-state index in [1.807, 2.05) is 0 Å². The molecule has 1 aromatic heterocycles. The minimum absolute atomic E-state index is 0.172. The second kappa shape index (κ2) is 3.58. The normalized spacial score (nSPS) is 16.2. The van der Waals surface area contributed by atoms with Crippen LogP contribution in [0.2, 0.25) is 5.22 Å². The number of rotatable bonds is 2. The van der Waals surface area contributed by atoms with Crippen molar-refractivity contribution < 1.29 is 14.0 Å². The number of carbonyl (C=O) groups is 2. The molecule has 1 fully saturated rings. The van der Waals surface area contributed by atoms with Crippen molar-refractivity contribution in [2.75, 3.05) is 13.1 Å². The Balaban J connectivity index is 1.97. The molecule has 0 radical (unpaired) electrons. The van der Waals surface area contributed by atoms with E-state index in [0.29, 0.717) is 13.1 Å². The zero-order valence-corrected chi connectivity index (χ0v) is 8.53. The van der Waals surface area contributed by atoms with Crippen molar-refractivity contribution in [3.63, 3.8) is 0 Å². The van der Waals surface area contributed by atoms with Crippen LogP contribution in [0.4, 0.5) is 0 Å². The topological polar surface area (TPSA) is 76.5 Å². The highest BCUT2D eigenvalue weighted by Gasteiger charge is 2.35. The molecule has 2 rings (SSSR count). The molecule has 2 amide bonds. The Morgan fingerprint density at radius 1 is 1.47 bits per heavy atom. The molecule has 6 heteroatoms. The molecule has 0 atom stereocenters. The lowest BCUT2D eigenvalue weighted by Gasteiger charge is -2.36. The Hall–Kier alpha value is -1.49. The minimum Gasteiger partial charge on any atom is -0.440 e. The fourth-order valence-corrected chi connectivity index (χ4v) is 1.56. The SMILES string of the molecule is NC(=O)C1CN(C(=O)c2ccc(Cl)o2)C1. The number of halogens is 1. The predicted octanol–water partition coefficient (Wildman–Crippen LogP) is 0.490. The predicted molar refractivity (Wildman–Crippen MR) is 52.3 cm³/mol. The third kappa shape index (κ3) is 1.83. The Labute approximate surface area is 90.8 Å². The largest absolute Gasteiger partial charge is 0.440 e. The Bertz CT molecular complexity index is 409. The summed E-state index contributed by atoms with van der Waals surface area (Å²) in [4.78, 5) is 23.9. The van der Waals surface area contributed by atoms with Gasteiger partial charge < -0.3 is 15.1 Å². The maximum Gasteiger partial charge on any atom is 0.289 e. The van der Waals surface area contributed by atoms with E-state index in [2.05, 4.69) is 0 Å². The Kier molecular flexibility index (Phi) is 2.40. The Morgan fingerprint density at radius 2 is 2.13 bits per heavy atom. The van der Waals surface area contributed by atoms with E-state index in [-0.39, 0.29) is 28.7 Å². The van der Waals surface area contributed by atoms with Crippen molar-refractivity contribution in [1.29, 1.82) is 0 Å². The van der Waals surface area contributed by atoms with Gasteiger partial charge in [0, 0.05) is 13.1 Å².